The van der Waals surface area contributed by atoms with E-state index in [9.17, 15) is 9.18 Å². The SMILES string of the molecule is O=C1CCNCCN1Cc1ccc(F)cc1. The van der Waals surface area contributed by atoms with Gasteiger partial charge in [0.05, 0.1) is 0 Å². The second kappa shape index (κ2) is 5.07. The van der Waals surface area contributed by atoms with Crippen molar-refractivity contribution in [3.63, 3.8) is 0 Å². The van der Waals surface area contributed by atoms with E-state index in [0.717, 1.165) is 25.2 Å². The van der Waals surface area contributed by atoms with Gasteiger partial charge in [-0.15, -0.1) is 0 Å². The molecule has 2 rings (SSSR count). The van der Waals surface area contributed by atoms with Crippen LogP contribution in [0.25, 0.3) is 0 Å². The number of carbonyl (C=O) groups excluding carboxylic acids is 1. The molecule has 1 aromatic rings. The standard InChI is InChI=1S/C12H15FN2O/c13-11-3-1-10(2-4-11)9-15-8-7-14-6-5-12(15)16/h1-4,14H,5-9H2. The van der Waals surface area contributed by atoms with E-state index in [2.05, 4.69) is 5.32 Å². The first kappa shape index (κ1) is 11.1. The Morgan fingerprint density at radius 2 is 2.00 bits per heavy atom. The summed E-state index contributed by atoms with van der Waals surface area (Å²) in [6.07, 6.45) is 0.543. The number of nitrogens with one attached hydrogen (secondary N) is 1. The molecule has 4 heteroatoms. The Bertz CT molecular complexity index is 364. The Morgan fingerprint density at radius 1 is 1.25 bits per heavy atom. The molecule has 0 spiro atoms. The van der Waals surface area contributed by atoms with Gasteiger partial charge >= 0.3 is 0 Å². The van der Waals surface area contributed by atoms with Crippen LogP contribution in [-0.4, -0.2) is 30.4 Å². The molecule has 1 aromatic carbocycles. The zero-order chi connectivity index (χ0) is 11.4. The van der Waals surface area contributed by atoms with E-state index in [1.807, 2.05) is 4.90 Å². The lowest BCUT2D eigenvalue weighted by Crippen LogP contribution is -2.31. The van der Waals surface area contributed by atoms with Gasteiger partial charge in [0.15, 0.2) is 0 Å². The van der Waals surface area contributed by atoms with Crippen LogP contribution in [0.2, 0.25) is 0 Å². The van der Waals surface area contributed by atoms with Crippen molar-refractivity contribution in [2.24, 2.45) is 0 Å². The number of carbonyl (C=O) groups is 1. The highest BCUT2D eigenvalue weighted by Crippen LogP contribution is 2.08. The van der Waals surface area contributed by atoms with Crippen LogP contribution in [0.1, 0.15) is 12.0 Å². The van der Waals surface area contributed by atoms with Gasteiger partial charge in [-0.25, -0.2) is 4.39 Å². The van der Waals surface area contributed by atoms with E-state index < -0.39 is 0 Å². The second-order valence-corrected chi connectivity index (χ2v) is 3.94. The zero-order valence-corrected chi connectivity index (χ0v) is 9.08. The average molecular weight is 222 g/mol. The molecule has 0 aromatic heterocycles. The molecule has 1 saturated heterocycles. The number of hydrogen-bond donors (Lipinski definition) is 1. The van der Waals surface area contributed by atoms with Gasteiger partial charge in [-0.3, -0.25) is 4.79 Å². The van der Waals surface area contributed by atoms with Crippen LogP contribution in [-0.2, 0) is 11.3 Å². The second-order valence-electron chi connectivity index (χ2n) is 3.94. The summed E-state index contributed by atoms with van der Waals surface area (Å²) in [6.45, 7) is 2.86. The van der Waals surface area contributed by atoms with E-state index in [0.29, 0.717) is 13.0 Å². The predicted molar refractivity (Wildman–Crippen MR) is 59.3 cm³/mol. The predicted octanol–water partition coefficient (Wildman–Crippen LogP) is 1.15. The Balaban J connectivity index is 2.02. The molecule has 1 N–H and O–H groups in total. The summed E-state index contributed by atoms with van der Waals surface area (Å²) < 4.78 is 12.7. The van der Waals surface area contributed by atoms with E-state index in [1.165, 1.54) is 12.1 Å². The first-order valence-electron chi connectivity index (χ1n) is 5.48. The third-order valence-electron chi connectivity index (χ3n) is 2.71. The summed E-state index contributed by atoms with van der Waals surface area (Å²) in [4.78, 5) is 13.5. The van der Waals surface area contributed by atoms with Gasteiger partial charge in [0.1, 0.15) is 5.82 Å². The number of amides is 1. The van der Waals surface area contributed by atoms with Crippen LogP contribution in [0.15, 0.2) is 24.3 Å². The third kappa shape index (κ3) is 2.79. The normalized spacial score (nSPS) is 17.3. The van der Waals surface area contributed by atoms with Crippen LogP contribution < -0.4 is 5.32 Å². The summed E-state index contributed by atoms with van der Waals surface area (Å²) in [6, 6.07) is 6.30. The molecule has 0 radical (unpaired) electrons. The highest BCUT2D eigenvalue weighted by Gasteiger charge is 2.15. The maximum atomic E-state index is 12.7. The third-order valence-corrected chi connectivity index (χ3v) is 2.71. The monoisotopic (exact) mass is 222 g/mol. The van der Waals surface area contributed by atoms with Crippen molar-refractivity contribution >= 4 is 5.91 Å². The van der Waals surface area contributed by atoms with Crippen LogP contribution in [0, 0.1) is 5.82 Å². The Morgan fingerprint density at radius 3 is 2.75 bits per heavy atom. The first-order chi connectivity index (χ1) is 7.75. The van der Waals surface area contributed by atoms with E-state index >= 15 is 0 Å². The molecule has 0 aliphatic carbocycles. The van der Waals surface area contributed by atoms with Gasteiger partial charge in [-0.05, 0) is 17.7 Å². The molecule has 3 nitrogen and oxygen atoms in total. The van der Waals surface area contributed by atoms with Crippen LogP contribution in [0.3, 0.4) is 0 Å². The first-order valence-corrected chi connectivity index (χ1v) is 5.48. The quantitative estimate of drug-likeness (QED) is 0.814. The van der Waals surface area contributed by atoms with Crippen molar-refractivity contribution in [2.75, 3.05) is 19.6 Å². The Hall–Kier alpha value is -1.42. The van der Waals surface area contributed by atoms with Crippen molar-refractivity contribution in [1.29, 1.82) is 0 Å². The summed E-state index contributed by atoms with van der Waals surface area (Å²) in [5.41, 5.74) is 0.969. The minimum atomic E-state index is -0.243. The molecule has 1 aliphatic rings. The van der Waals surface area contributed by atoms with Gasteiger partial charge < -0.3 is 10.2 Å². The highest BCUT2D eigenvalue weighted by molar-refractivity contribution is 5.76. The van der Waals surface area contributed by atoms with Crippen molar-refractivity contribution in [3.8, 4) is 0 Å². The maximum absolute atomic E-state index is 12.7. The smallest absolute Gasteiger partial charge is 0.224 e. The minimum Gasteiger partial charge on any atom is -0.337 e. The van der Waals surface area contributed by atoms with Gasteiger partial charge in [0, 0.05) is 32.6 Å². The molecular formula is C12H15FN2O. The molecule has 1 heterocycles. The van der Waals surface area contributed by atoms with Gasteiger partial charge in [0.2, 0.25) is 5.91 Å². The van der Waals surface area contributed by atoms with E-state index in [1.54, 1.807) is 12.1 Å². The molecule has 86 valence electrons. The zero-order valence-electron chi connectivity index (χ0n) is 9.08. The summed E-state index contributed by atoms with van der Waals surface area (Å²) in [7, 11) is 0. The fraction of sp³-hybridized carbons (Fsp3) is 0.417. The fourth-order valence-corrected chi connectivity index (χ4v) is 1.79. The molecule has 16 heavy (non-hydrogen) atoms. The van der Waals surface area contributed by atoms with Gasteiger partial charge in [-0.1, -0.05) is 12.1 Å². The van der Waals surface area contributed by atoms with Crippen molar-refractivity contribution in [2.45, 2.75) is 13.0 Å². The molecule has 1 aliphatic heterocycles. The summed E-state index contributed by atoms with van der Waals surface area (Å²) in [5, 5.41) is 3.18. The molecule has 0 saturated carbocycles. The topological polar surface area (TPSA) is 32.3 Å². The molecular weight excluding hydrogens is 207 g/mol. The van der Waals surface area contributed by atoms with Crippen molar-refractivity contribution in [1.82, 2.24) is 10.2 Å². The fourth-order valence-electron chi connectivity index (χ4n) is 1.79. The largest absolute Gasteiger partial charge is 0.337 e. The maximum Gasteiger partial charge on any atom is 0.224 e. The minimum absolute atomic E-state index is 0.161. The number of nitrogens with zero attached hydrogens (tertiary/aromatic N) is 1. The lowest BCUT2D eigenvalue weighted by Gasteiger charge is -2.20. The lowest BCUT2D eigenvalue weighted by atomic mass is 10.2. The van der Waals surface area contributed by atoms with E-state index in [-0.39, 0.29) is 11.7 Å². The molecule has 1 amide bonds. The van der Waals surface area contributed by atoms with Crippen molar-refractivity contribution in [3.05, 3.63) is 35.6 Å². The van der Waals surface area contributed by atoms with Crippen LogP contribution in [0.4, 0.5) is 4.39 Å². The number of benzene rings is 1. The number of rotatable bonds is 2. The highest BCUT2D eigenvalue weighted by atomic mass is 19.1. The van der Waals surface area contributed by atoms with Crippen LogP contribution >= 0.6 is 0 Å². The molecule has 1 fully saturated rings. The van der Waals surface area contributed by atoms with Gasteiger partial charge in [0.25, 0.3) is 0 Å². The number of halogens is 1. The van der Waals surface area contributed by atoms with Gasteiger partial charge in [-0.2, -0.15) is 0 Å². The van der Waals surface area contributed by atoms with Crippen LogP contribution in [0.5, 0.6) is 0 Å². The number of hydrogen-bond acceptors (Lipinski definition) is 2. The molecule has 0 atom stereocenters. The summed E-state index contributed by atoms with van der Waals surface area (Å²) >= 11 is 0. The Kier molecular flexibility index (Phi) is 3.51. The lowest BCUT2D eigenvalue weighted by molar-refractivity contribution is -0.130. The average Bonchev–Trinajstić information content (AvgIpc) is 2.48. The van der Waals surface area contributed by atoms with E-state index in [4.69, 9.17) is 0 Å². The molecule has 0 unspecified atom stereocenters. The van der Waals surface area contributed by atoms with Crippen molar-refractivity contribution < 1.29 is 9.18 Å². The Labute approximate surface area is 94.3 Å². The molecule has 0 bridgehead atoms. The summed E-state index contributed by atoms with van der Waals surface area (Å²) in [5.74, 6) is -0.0815.